The van der Waals surface area contributed by atoms with Crippen molar-refractivity contribution < 1.29 is 36.6 Å². The predicted octanol–water partition coefficient (Wildman–Crippen LogP) is 4.92. The maximum atomic E-state index is 13.8. The molecule has 5 rings (SSSR count). The monoisotopic (exact) mass is 613 g/mol. The minimum atomic E-state index is -3.95. The average molecular weight is 614 g/mol. The van der Waals surface area contributed by atoms with Crippen molar-refractivity contribution in [2.45, 2.75) is 38.3 Å². The largest absolute Gasteiger partial charge is 0.427 e. The van der Waals surface area contributed by atoms with E-state index in [1.165, 1.54) is 6.33 Å². The average Bonchev–Trinajstić information content (AvgIpc) is 3.60. The fourth-order valence-corrected chi connectivity index (χ4v) is 5.96. The van der Waals surface area contributed by atoms with Gasteiger partial charge in [-0.15, -0.1) is 0 Å². The van der Waals surface area contributed by atoms with E-state index < -0.39 is 37.8 Å². The molecule has 1 aliphatic carbocycles. The number of aromatic nitrogens is 4. The van der Waals surface area contributed by atoms with E-state index >= 15 is 0 Å². The molecule has 3 aromatic rings. The summed E-state index contributed by atoms with van der Waals surface area (Å²) in [5.41, 5.74) is 6.17. The van der Waals surface area contributed by atoms with E-state index in [-0.39, 0.29) is 73.8 Å². The fraction of sp³-hybridized carbons (Fsp3) is 0.400. The first kappa shape index (κ1) is 29.2. The Kier molecular flexibility index (Phi) is 8.48. The summed E-state index contributed by atoms with van der Waals surface area (Å²) < 4.78 is 70.9. The number of hydrogen-bond donors (Lipinski definition) is 2. The van der Waals surface area contributed by atoms with Crippen LogP contribution in [0.2, 0.25) is 5.02 Å². The molecule has 0 bridgehead atoms. The van der Waals surface area contributed by atoms with E-state index in [4.69, 9.17) is 40.6 Å². The molecule has 1 fully saturated rings. The Bertz CT molecular complexity index is 1590. The molecular formula is C25H27ClF2N5O7P. The Labute approximate surface area is 237 Å². The molecule has 2 aliphatic rings. The smallest absolute Gasteiger partial charge is 0.356 e. The number of hydrogen-bond acceptors (Lipinski definition) is 10. The van der Waals surface area contributed by atoms with Gasteiger partial charge in [-0.3, -0.25) is 18.9 Å². The van der Waals surface area contributed by atoms with Gasteiger partial charge in [-0.05, 0) is 30.7 Å². The van der Waals surface area contributed by atoms with Crippen LogP contribution in [0.25, 0.3) is 11.2 Å². The molecule has 1 aliphatic heterocycles. The summed E-state index contributed by atoms with van der Waals surface area (Å²) in [6.07, 6.45) is 0.477. The lowest BCUT2D eigenvalue weighted by Crippen LogP contribution is -2.14. The fourth-order valence-electron chi connectivity index (χ4n) is 4.52. The summed E-state index contributed by atoms with van der Waals surface area (Å²) in [5.74, 6) is -3.26. The van der Waals surface area contributed by atoms with Crippen molar-refractivity contribution in [2.24, 2.45) is 5.92 Å². The van der Waals surface area contributed by atoms with Crippen molar-refractivity contribution in [1.29, 1.82) is 0 Å². The Balaban J connectivity index is 1.26. The van der Waals surface area contributed by atoms with E-state index in [0.29, 0.717) is 10.6 Å². The van der Waals surface area contributed by atoms with Crippen molar-refractivity contribution >= 4 is 36.3 Å². The third-order valence-corrected chi connectivity index (χ3v) is 8.22. The molecule has 0 amide bonds. The van der Waals surface area contributed by atoms with E-state index in [0.717, 1.165) is 0 Å². The molecule has 0 radical (unpaired) electrons. The van der Waals surface area contributed by atoms with Crippen LogP contribution in [0.3, 0.4) is 0 Å². The summed E-state index contributed by atoms with van der Waals surface area (Å²) in [7, 11) is -3.95. The SMILES string of the molecule is C=C1OC(COP(=O)(COCCn2cnc3c(=O)[nH]c(N)nc32)OCc2cccc(Cl)c2)=C(C2CCC(F)(F)C2)O1. The third kappa shape index (κ3) is 7.14. The van der Waals surface area contributed by atoms with Gasteiger partial charge >= 0.3 is 7.60 Å². The van der Waals surface area contributed by atoms with Gasteiger partial charge in [0.1, 0.15) is 13.0 Å². The van der Waals surface area contributed by atoms with Gasteiger partial charge in [-0.25, -0.2) is 13.8 Å². The number of aromatic amines is 1. The standard InChI is InChI=1S/C25H27ClF2N5O7P/c1-15-39-19(21(40-15)17-5-6-25(27,28)10-17)12-38-41(35,37-11-16-3-2-4-18(26)9-16)14-36-8-7-33-13-30-20-22(33)31-24(29)32-23(20)34/h2-4,9,13,17H,1,5-8,10-12,14H2,(H3,29,31,32,34). The molecular weight excluding hydrogens is 587 g/mol. The number of rotatable bonds is 12. The Morgan fingerprint density at radius 2 is 2.10 bits per heavy atom. The maximum Gasteiger partial charge on any atom is 0.356 e. The number of ether oxygens (including phenoxy) is 3. The van der Waals surface area contributed by atoms with E-state index in [1.807, 2.05) is 0 Å². The van der Waals surface area contributed by atoms with Gasteiger partial charge < -0.3 is 29.0 Å². The lowest BCUT2D eigenvalue weighted by Gasteiger charge is -2.19. The number of nitrogen functional groups attached to an aromatic ring is 1. The van der Waals surface area contributed by atoms with Gasteiger partial charge in [0.2, 0.25) is 11.9 Å². The van der Waals surface area contributed by atoms with Crippen LogP contribution >= 0.6 is 19.2 Å². The Hall–Kier alpha value is -3.29. The van der Waals surface area contributed by atoms with Crippen LogP contribution in [0.15, 0.2) is 59.4 Å². The molecule has 2 atom stereocenters. The summed E-state index contributed by atoms with van der Waals surface area (Å²) in [4.78, 5) is 22.5. The number of imidazole rings is 1. The van der Waals surface area contributed by atoms with Gasteiger partial charge in [0.05, 0.1) is 19.5 Å². The number of nitrogens with zero attached hydrogens (tertiary/aromatic N) is 3. The normalized spacial score (nSPS) is 19.9. The quantitative estimate of drug-likeness (QED) is 0.213. The number of fused-ring (bicyclic) bond motifs is 1. The number of benzene rings is 1. The highest BCUT2D eigenvalue weighted by atomic mass is 35.5. The van der Waals surface area contributed by atoms with E-state index in [9.17, 15) is 18.1 Å². The summed E-state index contributed by atoms with van der Waals surface area (Å²) in [5, 5.41) is 0.469. The minimum Gasteiger partial charge on any atom is -0.427 e. The molecule has 0 spiro atoms. The Morgan fingerprint density at radius 1 is 1.29 bits per heavy atom. The second-order valence-electron chi connectivity index (χ2n) is 9.55. The highest BCUT2D eigenvalue weighted by Crippen LogP contribution is 2.51. The second kappa shape index (κ2) is 11.9. The number of H-pyrrole nitrogens is 1. The van der Waals surface area contributed by atoms with Crippen molar-refractivity contribution in [3.8, 4) is 0 Å². The van der Waals surface area contributed by atoms with Crippen LogP contribution in [-0.2, 0) is 41.0 Å². The molecule has 3 heterocycles. The minimum absolute atomic E-state index is 0.0231. The van der Waals surface area contributed by atoms with Gasteiger partial charge in [-0.2, -0.15) is 4.98 Å². The highest BCUT2D eigenvalue weighted by Gasteiger charge is 2.44. The van der Waals surface area contributed by atoms with Gasteiger partial charge in [0, 0.05) is 30.3 Å². The first-order chi connectivity index (χ1) is 19.5. The van der Waals surface area contributed by atoms with Crippen molar-refractivity contribution in [3.05, 3.63) is 75.6 Å². The van der Waals surface area contributed by atoms with Crippen LogP contribution in [0.5, 0.6) is 0 Å². The zero-order valence-electron chi connectivity index (χ0n) is 21.7. The van der Waals surface area contributed by atoms with Crippen molar-refractivity contribution in [2.75, 3.05) is 25.3 Å². The maximum absolute atomic E-state index is 13.8. The second-order valence-corrected chi connectivity index (χ2v) is 12.0. The molecule has 2 unspecified atom stereocenters. The number of anilines is 1. The number of alkyl halides is 2. The van der Waals surface area contributed by atoms with Crippen molar-refractivity contribution in [1.82, 2.24) is 19.5 Å². The lowest BCUT2D eigenvalue weighted by molar-refractivity contribution is 0.00452. The molecule has 2 aromatic heterocycles. The van der Waals surface area contributed by atoms with Crippen molar-refractivity contribution in [3.63, 3.8) is 0 Å². The van der Waals surface area contributed by atoms with Gasteiger partial charge in [-0.1, -0.05) is 23.7 Å². The number of halogens is 3. The lowest BCUT2D eigenvalue weighted by atomic mass is 10.0. The molecule has 12 nitrogen and oxygen atoms in total. The van der Waals surface area contributed by atoms with Crippen LogP contribution in [-0.4, -0.2) is 45.0 Å². The van der Waals surface area contributed by atoms with Crippen LogP contribution in [0, 0.1) is 5.92 Å². The van der Waals surface area contributed by atoms with E-state index in [1.54, 1.807) is 28.8 Å². The van der Waals surface area contributed by atoms with Gasteiger partial charge in [0.15, 0.2) is 22.7 Å². The Morgan fingerprint density at radius 3 is 2.85 bits per heavy atom. The van der Waals surface area contributed by atoms with Crippen LogP contribution < -0.4 is 11.3 Å². The number of nitrogens with two attached hydrogens (primary N) is 1. The van der Waals surface area contributed by atoms with E-state index in [2.05, 4.69) is 21.5 Å². The topological polar surface area (TPSA) is 153 Å². The summed E-state index contributed by atoms with van der Waals surface area (Å²) in [6, 6.07) is 6.79. The first-order valence-corrected chi connectivity index (χ1v) is 14.7. The third-order valence-electron chi connectivity index (χ3n) is 6.44. The van der Waals surface area contributed by atoms with Gasteiger partial charge in [0.25, 0.3) is 11.5 Å². The number of nitrogens with one attached hydrogen (secondary N) is 1. The molecule has 1 saturated carbocycles. The summed E-state index contributed by atoms with van der Waals surface area (Å²) >= 11 is 6.05. The molecule has 220 valence electrons. The summed E-state index contributed by atoms with van der Waals surface area (Å²) in [6.45, 7) is 3.33. The zero-order chi connectivity index (χ0) is 29.2. The highest BCUT2D eigenvalue weighted by molar-refractivity contribution is 7.53. The first-order valence-electron chi connectivity index (χ1n) is 12.6. The molecule has 3 N–H and O–H groups in total. The van der Waals surface area contributed by atoms with Crippen LogP contribution in [0.1, 0.15) is 24.8 Å². The number of allylic oxidation sites excluding steroid dienone is 1. The molecule has 16 heteroatoms. The molecule has 1 aromatic carbocycles. The predicted molar refractivity (Wildman–Crippen MR) is 144 cm³/mol. The zero-order valence-corrected chi connectivity index (χ0v) is 23.3. The molecule has 0 saturated heterocycles. The van der Waals surface area contributed by atoms with Crippen LogP contribution in [0.4, 0.5) is 14.7 Å². The molecule has 41 heavy (non-hydrogen) atoms.